The van der Waals surface area contributed by atoms with Gasteiger partial charge in [0, 0.05) is 5.02 Å². The Morgan fingerprint density at radius 2 is 2.00 bits per heavy atom. The van der Waals surface area contributed by atoms with Crippen LogP contribution in [-0.2, 0) is 0 Å². The zero-order valence-corrected chi connectivity index (χ0v) is 9.28. The van der Waals surface area contributed by atoms with Crippen LogP contribution < -0.4 is 0 Å². The van der Waals surface area contributed by atoms with Crippen LogP contribution in [0.5, 0.6) is 0 Å². The molecular formula is C11H14Cl2. The van der Waals surface area contributed by atoms with Crippen molar-refractivity contribution >= 4 is 23.2 Å². The third kappa shape index (κ3) is 3.21. The molecule has 2 heteroatoms. The molecule has 0 aliphatic heterocycles. The van der Waals surface area contributed by atoms with Crippen LogP contribution in [0.15, 0.2) is 24.3 Å². The highest BCUT2D eigenvalue weighted by Gasteiger charge is 2.09. The first kappa shape index (κ1) is 10.9. The first-order valence-electron chi connectivity index (χ1n) is 4.64. The summed E-state index contributed by atoms with van der Waals surface area (Å²) < 4.78 is 0. The predicted molar refractivity (Wildman–Crippen MR) is 59.6 cm³/mol. The summed E-state index contributed by atoms with van der Waals surface area (Å²) in [5.41, 5.74) is 1.05. The molecule has 0 aliphatic carbocycles. The molecule has 1 aromatic carbocycles. The van der Waals surface area contributed by atoms with Gasteiger partial charge in [-0.15, -0.1) is 11.6 Å². The summed E-state index contributed by atoms with van der Waals surface area (Å²) in [5, 5.41) is 0.840. The number of rotatable bonds is 4. The van der Waals surface area contributed by atoms with Gasteiger partial charge in [0.2, 0.25) is 0 Å². The third-order valence-electron chi connectivity index (χ3n) is 2.05. The molecule has 0 aromatic heterocycles. The van der Waals surface area contributed by atoms with E-state index in [0.717, 1.165) is 23.4 Å². The Kier molecular flexibility index (Phi) is 4.61. The average Bonchev–Trinajstić information content (AvgIpc) is 2.15. The predicted octanol–water partition coefficient (Wildman–Crippen LogP) is 4.81. The second-order valence-electron chi connectivity index (χ2n) is 3.13. The fourth-order valence-electron chi connectivity index (χ4n) is 1.27. The fourth-order valence-corrected chi connectivity index (χ4v) is 1.94. The highest BCUT2D eigenvalue weighted by molar-refractivity contribution is 6.32. The molecule has 0 aliphatic rings. The van der Waals surface area contributed by atoms with Gasteiger partial charge in [-0.25, -0.2) is 0 Å². The summed E-state index contributed by atoms with van der Waals surface area (Å²) in [4.78, 5) is 0. The third-order valence-corrected chi connectivity index (χ3v) is 2.85. The zero-order chi connectivity index (χ0) is 9.68. The Morgan fingerprint density at radius 1 is 1.31 bits per heavy atom. The van der Waals surface area contributed by atoms with Crippen LogP contribution in [0.2, 0.25) is 5.02 Å². The van der Waals surface area contributed by atoms with E-state index in [0.29, 0.717) is 0 Å². The first-order valence-corrected chi connectivity index (χ1v) is 5.45. The lowest BCUT2D eigenvalue weighted by atomic mass is 10.1. The lowest BCUT2D eigenvalue weighted by Gasteiger charge is -2.10. The van der Waals surface area contributed by atoms with Crippen molar-refractivity contribution < 1.29 is 0 Å². The van der Waals surface area contributed by atoms with E-state index in [1.54, 1.807) is 0 Å². The summed E-state index contributed by atoms with van der Waals surface area (Å²) in [5.74, 6) is 0. The van der Waals surface area contributed by atoms with Crippen molar-refractivity contribution in [3.05, 3.63) is 34.9 Å². The Bertz CT molecular complexity index is 258. The highest BCUT2D eigenvalue weighted by atomic mass is 35.5. The quantitative estimate of drug-likeness (QED) is 0.635. The first-order chi connectivity index (χ1) is 6.25. The van der Waals surface area contributed by atoms with E-state index < -0.39 is 0 Å². The number of benzene rings is 1. The van der Waals surface area contributed by atoms with Gasteiger partial charge in [-0.05, 0) is 18.1 Å². The second-order valence-corrected chi connectivity index (χ2v) is 4.07. The van der Waals surface area contributed by atoms with Crippen molar-refractivity contribution in [2.45, 2.75) is 31.6 Å². The summed E-state index contributed by atoms with van der Waals surface area (Å²) in [6, 6.07) is 7.78. The molecule has 0 fully saturated rings. The highest BCUT2D eigenvalue weighted by Crippen LogP contribution is 2.31. The van der Waals surface area contributed by atoms with Crippen LogP contribution in [0, 0.1) is 0 Å². The number of halogens is 2. The Hall–Kier alpha value is -0.200. The van der Waals surface area contributed by atoms with Crippen LogP contribution in [0.25, 0.3) is 0 Å². The molecule has 0 radical (unpaired) electrons. The second kappa shape index (κ2) is 5.51. The Morgan fingerprint density at radius 3 is 2.62 bits per heavy atom. The molecular weight excluding hydrogens is 203 g/mol. The Balaban J connectivity index is 2.65. The Labute approximate surface area is 89.9 Å². The maximum absolute atomic E-state index is 6.21. The molecule has 0 saturated heterocycles. The maximum Gasteiger partial charge on any atom is 0.0599 e. The average molecular weight is 217 g/mol. The number of unbranched alkanes of at least 4 members (excludes halogenated alkanes) is 1. The summed E-state index contributed by atoms with van der Waals surface area (Å²) >= 11 is 12.2. The SMILES string of the molecule is CCCCC(Cl)c1ccccc1Cl. The van der Waals surface area contributed by atoms with Crippen LogP contribution in [0.1, 0.15) is 37.1 Å². The minimum atomic E-state index is 0.0636. The van der Waals surface area contributed by atoms with Gasteiger partial charge >= 0.3 is 0 Å². The van der Waals surface area contributed by atoms with E-state index >= 15 is 0 Å². The summed E-state index contributed by atoms with van der Waals surface area (Å²) in [6.45, 7) is 2.16. The van der Waals surface area contributed by atoms with Crippen LogP contribution in [-0.4, -0.2) is 0 Å². The summed E-state index contributed by atoms with van der Waals surface area (Å²) in [6.07, 6.45) is 3.33. The van der Waals surface area contributed by atoms with Crippen molar-refractivity contribution in [1.82, 2.24) is 0 Å². The zero-order valence-electron chi connectivity index (χ0n) is 7.76. The van der Waals surface area contributed by atoms with Crippen molar-refractivity contribution in [2.75, 3.05) is 0 Å². The van der Waals surface area contributed by atoms with E-state index in [2.05, 4.69) is 6.92 Å². The molecule has 0 heterocycles. The van der Waals surface area contributed by atoms with Crippen molar-refractivity contribution in [3.8, 4) is 0 Å². The van der Waals surface area contributed by atoms with E-state index in [9.17, 15) is 0 Å². The maximum atomic E-state index is 6.21. The molecule has 0 amide bonds. The molecule has 0 saturated carbocycles. The van der Waals surface area contributed by atoms with Crippen molar-refractivity contribution in [2.24, 2.45) is 0 Å². The minimum Gasteiger partial charge on any atom is -0.118 e. The number of hydrogen-bond donors (Lipinski definition) is 0. The van der Waals surface area contributed by atoms with Crippen molar-refractivity contribution in [3.63, 3.8) is 0 Å². The van der Waals surface area contributed by atoms with Gasteiger partial charge < -0.3 is 0 Å². The van der Waals surface area contributed by atoms with Crippen LogP contribution in [0.4, 0.5) is 0 Å². The minimum absolute atomic E-state index is 0.0636. The largest absolute Gasteiger partial charge is 0.118 e. The van der Waals surface area contributed by atoms with E-state index in [-0.39, 0.29) is 5.38 Å². The van der Waals surface area contributed by atoms with Gasteiger partial charge in [-0.3, -0.25) is 0 Å². The van der Waals surface area contributed by atoms with Gasteiger partial charge in [0.05, 0.1) is 5.38 Å². The topological polar surface area (TPSA) is 0 Å². The molecule has 72 valence electrons. The monoisotopic (exact) mass is 216 g/mol. The summed E-state index contributed by atoms with van der Waals surface area (Å²) in [7, 11) is 0. The number of hydrogen-bond acceptors (Lipinski definition) is 0. The molecule has 1 rings (SSSR count). The molecule has 1 atom stereocenters. The van der Waals surface area contributed by atoms with Gasteiger partial charge in [0.25, 0.3) is 0 Å². The molecule has 1 unspecified atom stereocenters. The molecule has 0 bridgehead atoms. The number of alkyl halides is 1. The standard InChI is InChI=1S/C11H14Cl2/c1-2-3-7-10(12)9-6-4-5-8-11(9)13/h4-6,8,10H,2-3,7H2,1H3. The van der Waals surface area contributed by atoms with Gasteiger partial charge in [0.1, 0.15) is 0 Å². The van der Waals surface area contributed by atoms with Gasteiger partial charge in [-0.2, -0.15) is 0 Å². The molecule has 13 heavy (non-hydrogen) atoms. The van der Waals surface area contributed by atoms with E-state index in [4.69, 9.17) is 23.2 Å². The van der Waals surface area contributed by atoms with Crippen LogP contribution >= 0.6 is 23.2 Å². The smallest absolute Gasteiger partial charge is 0.0599 e. The van der Waals surface area contributed by atoms with Gasteiger partial charge in [0.15, 0.2) is 0 Å². The van der Waals surface area contributed by atoms with Crippen LogP contribution in [0.3, 0.4) is 0 Å². The normalized spacial score (nSPS) is 12.8. The van der Waals surface area contributed by atoms with E-state index in [1.807, 2.05) is 24.3 Å². The van der Waals surface area contributed by atoms with E-state index in [1.165, 1.54) is 6.42 Å². The lowest BCUT2D eigenvalue weighted by molar-refractivity contribution is 0.701. The molecule has 0 spiro atoms. The van der Waals surface area contributed by atoms with Gasteiger partial charge in [-0.1, -0.05) is 49.6 Å². The molecule has 0 nitrogen and oxygen atoms in total. The molecule has 0 N–H and O–H groups in total. The fraction of sp³-hybridized carbons (Fsp3) is 0.455. The van der Waals surface area contributed by atoms with Crippen molar-refractivity contribution in [1.29, 1.82) is 0 Å². The molecule has 1 aromatic rings. The lowest BCUT2D eigenvalue weighted by Crippen LogP contribution is -1.91.